The van der Waals surface area contributed by atoms with E-state index >= 15 is 0 Å². The number of aromatic amines is 1. The Balaban J connectivity index is 2.73. The molecule has 27 heavy (non-hydrogen) atoms. The van der Waals surface area contributed by atoms with Gasteiger partial charge in [-0.1, -0.05) is 0 Å². The van der Waals surface area contributed by atoms with Crippen LogP contribution in [0, 0.1) is 0 Å². The van der Waals surface area contributed by atoms with Gasteiger partial charge >= 0.3 is 11.9 Å². The van der Waals surface area contributed by atoms with Crippen LogP contribution in [0.15, 0.2) is 12.5 Å². The number of carboxylic acid groups (broad SMARTS) is 2. The van der Waals surface area contributed by atoms with Crippen LogP contribution in [0.2, 0.25) is 0 Å². The van der Waals surface area contributed by atoms with Gasteiger partial charge in [-0.25, -0.2) is 9.78 Å². The highest BCUT2D eigenvalue weighted by Gasteiger charge is 2.31. The molecule has 0 aliphatic heterocycles. The maximum absolute atomic E-state index is 12.0. The van der Waals surface area contributed by atoms with Gasteiger partial charge in [0, 0.05) is 30.8 Å². The van der Waals surface area contributed by atoms with E-state index in [9.17, 15) is 29.4 Å². The third-order valence-corrected chi connectivity index (χ3v) is 3.84. The van der Waals surface area contributed by atoms with Gasteiger partial charge in [0.25, 0.3) is 0 Å². The summed E-state index contributed by atoms with van der Waals surface area (Å²) in [4.78, 5) is 52.3. The number of nitrogens with zero attached hydrogens (tertiary/aromatic N) is 1. The summed E-state index contributed by atoms with van der Waals surface area (Å²) in [6, 6.07) is -4.59. The number of carbonyl (C=O) groups excluding carboxylic acids is 2. The predicted molar refractivity (Wildman–Crippen MR) is 92.3 cm³/mol. The predicted octanol–water partition coefficient (Wildman–Crippen LogP) is -2.45. The van der Waals surface area contributed by atoms with Gasteiger partial charge in [-0.2, -0.15) is 0 Å². The molecular formula is C15H24N6O6. The summed E-state index contributed by atoms with van der Waals surface area (Å²) in [5, 5.41) is 23.6. The van der Waals surface area contributed by atoms with Crippen LogP contribution in [0.3, 0.4) is 0 Å². The topological polar surface area (TPSA) is 214 Å². The number of hydrogen-bond acceptors (Lipinski definition) is 7. The number of carboxylic acids is 2. The van der Waals surface area contributed by atoms with Gasteiger partial charge in [0.05, 0.1) is 12.4 Å². The summed E-state index contributed by atoms with van der Waals surface area (Å²) in [5.41, 5.74) is 11.1. The fourth-order valence-corrected chi connectivity index (χ4v) is 2.34. The van der Waals surface area contributed by atoms with Crippen LogP contribution >= 0.6 is 0 Å². The second kappa shape index (κ2) is 10.2. The molecule has 0 radical (unpaired) electrons. The van der Waals surface area contributed by atoms with Crippen molar-refractivity contribution in [2.75, 3.05) is 0 Å². The van der Waals surface area contributed by atoms with E-state index in [1.807, 2.05) is 0 Å². The summed E-state index contributed by atoms with van der Waals surface area (Å²) in [5.74, 6) is -3.97. The van der Waals surface area contributed by atoms with E-state index in [1.54, 1.807) is 0 Å². The van der Waals surface area contributed by atoms with Crippen LogP contribution in [0.1, 0.15) is 25.5 Å². The van der Waals surface area contributed by atoms with Crippen LogP contribution in [-0.4, -0.2) is 68.1 Å². The van der Waals surface area contributed by atoms with Gasteiger partial charge in [0.15, 0.2) is 0 Å². The number of primary amides is 1. The van der Waals surface area contributed by atoms with Crippen LogP contribution in [0.4, 0.5) is 0 Å². The second-order valence-electron chi connectivity index (χ2n) is 6.06. The minimum absolute atomic E-state index is 0.0348. The lowest BCUT2D eigenvalue weighted by Gasteiger charge is -2.26. The van der Waals surface area contributed by atoms with E-state index in [1.165, 1.54) is 19.4 Å². The molecule has 0 saturated heterocycles. The third-order valence-electron chi connectivity index (χ3n) is 3.84. The van der Waals surface area contributed by atoms with Gasteiger partial charge < -0.3 is 32.0 Å². The molecule has 0 saturated carbocycles. The Kier molecular flexibility index (Phi) is 8.35. The molecule has 0 fully saturated rings. The maximum Gasteiger partial charge on any atom is 0.327 e. The van der Waals surface area contributed by atoms with E-state index in [2.05, 4.69) is 20.6 Å². The first-order valence-corrected chi connectivity index (χ1v) is 8.15. The van der Waals surface area contributed by atoms with Crippen molar-refractivity contribution in [3.05, 3.63) is 18.2 Å². The number of amides is 2. The highest BCUT2D eigenvalue weighted by Crippen LogP contribution is 2.04. The van der Waals surface area contributed by atoms with Gasteiger partial charge in [-0.05, 0) is 13.3 Å². The Hall–Kier alpha value is -2.99. The zero-order chi connectivity index (χ0) is 20.6. The van der Waals surface area contributed by atoms with Gasteiger partial charge in [-0.15, -0.1) is 0 Å². The number of hydrogen-bond donors (Lipinski definition) is 7. The molecule has 0 unspecified atom stereocenters. The molecule has 0 aliphatic rings. The summed E-state index contributed by atoms with van der Waals surface area (Å²) in [6.45, 7) is 1.43. The van der Waals surface area contributed by atoms with E-state index in [0.29, 0.717) is 5.69 Å². The Bertz CT molecular complexity index is 664. The molecule has 1 aromatic rings. The molecule has 9 N–H and O–H groups in total. The first-order chi connectivity index (χ1) is 12.6. The van der Waals surface area contributed by atoms with Crippen LogP contribution in [0.25, 0.3) is 0 Å². The van der Waals surface area contributed by atoms with Crippen molar-refractivity contribution in [2.24, 2.45) is 11.5 Å². The van der Waals surface area contributed by atoms with Crippen LogP contribution < -0.4 is 22.1 Å². The lowest BCUT2D eigenvalue weighted by Crippen LogP contribution is -2.59. The lowest BCUT2D eigenvalue weighted by molar-refractivity contribution is -0.144. The maximum atomic E-state index is 12.0. The average molecular weight is 384 g/mol. The second-order valence-corrected chi connectivity index (χ2v) is 6.06. The fraction of sp³-hybridized carbons (Fsp3) is 0.533. The highest BCUT2D eigenvalue weighted by molar-refractivity contribution is 5.87. The summed E-state index contributed by atoms with van der Waals surface area (Å²) >= 11 is 0. The quantitative estimate of drug-likeness (QED) is 0.203. The van der Waals surface area contributed by atoms with Crippen LogP contribution in [0.5, 0.6) is 0 Å². The molecule has 1 heterocycles. The van der Waals surface area contributed by atoms with Crippen molar-refractivity contribution >= 4 is 23.8 Å². The molecular weight excluding hydrogens is 360 g/mol. The first-order valence-electron chi connectivity index (χ1n) is 8.15. The SMILES string of the molecule is C[C@@H](N[C@@H](Cc1cnc[nH]1)C(=O)O)[C@H](NC(=O)[C@@H](N)CCC(N)=O)C(=O)O. The van der Waals surface area contributed by atoms with Crippen molar-refractivity contribution in [3.8, 4) is 0 Å². The number of aromatic nitrogens is 2. The van der Waals surface area contributed by atoms with Crippen molar-refractivity contribution < 1.29 is 29.4 Å². The summed E-state index contributed by atoms with van der Waals surface area (Å²) in [7, 11) is 0. The number of nitrogens with two attached hydrogens (primary N) is 2. The normalized spacial score (nSPS) is 15.3. The van der Waals surface area contributed by atoms with E-state index in [-0.39, 0.29) is 19.3 Å². The molecule has 1 rings (SSSR count). The van der Waals surface area contributed by atoms with E-state index in [0.717, 1.165) is 0 Å². The number of aliphatic carboxylic acids is 2. The lowest BCUT2D eigenvalue weighted by atomic mass is 10.1. The number of nitrogens with one attached hydrogen (secondary N) is 3. The van der Waals surface area contributed by atoms with Crippen molar-refractivity contribution in [1.82, 2.24) is 20.6 Å². The Morgan fingerprint density at radius 1 is 1.26 bits per heavy atom. The molecule has 12 heteroatoms. The number of H-pyrrole nitrogens is 1. The molecule has 0 spiro atoms. The summed E-state index contributed by atoms with van der Waals surface area (Å²) in [6.07, 6.45) is 2.73. The van der Waals surface area contributed by atoms with Gasteiger partial charge in [0.2, 0.25) is 11.8 Å². The van der Waals surface area contributed by atoms with Crippen molar-refractivity contribution in [1.29, 1.82) is 0 Å². The zero-order valence-corrected chi connectivity index (χ0v) is 14.7. The molecule has 1 aromatic heterocycles. The highest BCUT2D eigenvalue weighted by atomic mass is 16.4. The Morgan fingerprint density at radius 2 is 1.93 bits per heavy atom. The van der Waals surface area contributed by atoms with Crippen molar-refractivity contribution in [3.63, 3.8) is 0 Å². The number of imidazole rings is 1. The fourth-order valence-electron chi connectivity index (χ4n) is 2.34. The smallest absolute Gasteiger partial charge is 0.327 e. The molecule has 0 aliphatic carbocycles. The minimum Gasteiger partial charge on any atom is -0.480 e. The first kappa shape index (κ1) is 22.1. The van der Waals surface area contributed by atoms with E-state index < -0.39 is 47.9 Å². The zero-order valence-electron chi connectivity index (χ0n) is 14.7. The number of carbonyl (C=O) groups is 4. The number of rotatable bonds is 12. The standard InChI is InChI=1S/C15H24N6O6/c1-7(20-10(14(24)25)4-8-5-18-6-19-8)12(15(26)27)21-13(23)9(16)2-3-11(17)22/h5-7,9-10,12,20H,2-4,16H2,1H3,(H2,17,22)(H,18,19)(H,21,23)(H,24,25)(H,26,27)/t7-,9+,10+,12+/m1/s1. The molecule has 12 nitrogen and oxygen atoms in total. The molecule has 0 aromatic carbocycles. The summed E-state index contributed by atoms with van der Waals surface area (Å²) < 4.78 is 0. The Morgan fingerprint density at radius 3 is 2.41 bits per heavy atom. The Labute approximate surface area is 154 Å². The average Bonchev–Trinajstić information content (AvgIpc) is 3.09. The monoisotopic (exact) mass is 384 g/mol. The largest absolute Gasteiger partial charge is 0.480 e. The third kappa shape index (κ3) is 7.42. The van der Waals surface area contributed by atoms with E-state index in [4.69, 9.17) is 11.5 Å². The van der Waals surface area contributed by atoms with Gasteiger partial charge in [0.1, 0.15) is 12.1 Å². The van der Waals surface area contributed by atoms with Gasteiger partial charge in [-0.3, -0.25) is 19.7 Å². The molecule has 4 atom stereocenters. The molecule has 0 bridgehead atoms. The minimum atomic E-state index is -1.43. The molecule has 2 amide bonds. The van der Waals surface area contributed by atoms with Crippen LogP contribution in [-0.2, 0) is 25.6 Å². The van der Waals surface area contributed by atoms with Crippen molar-refractivity contribution in [2.45, 2.75) is 50.4 Å². The molecule has 150 valence electrons.